The van der Waals surface area contributed by atoms with Crippen molar-refractivity contribution in [2.45, 2.75) is 50.6 Å². The van der Waals surface area contributed by atoms with Gasteiger partial charge in [0, 0.05) is 31.7 Å². The molecule has 0 aromatic carbocycles. The van der Waals surface area contributed by atoms with E-state index in [1.807, 2.05) is 0 Å². The van der Waals surface area contributed by atoms with Gasteiger partial charge in [0.1, 0.15) is 0 Å². The second kappa shape index (κ2) is 6.69. The Morgan fingerprint density at radius 2 is 1.61 bits per heavy atom. The molecule has 0 saturated carbocycles. The van der Waals surface area contributed by atoms with Gasteiger partial charge in [-0.15, -0.1) is 0 Å². The molecule has 3 fully saturated rings. The van der Waals surface area contributed by atoms with Crippen molar-refractivity contribution >= 4 is 15.9 Å². The van der Waals surface area contributed by atoms with E-state index in [0.29, 0.717) is 25.2 Å². The third kappa shape index (κ3) is 3.56. The van der Waals surface area contributed by atoms with Gasteiger partial charge in [0.15, 0.2) is 0 Å². The van der Waals surface area contributed by atoms with Gasteiger partial charge < -0.3 is 9.80 Å². The number of likely N-dealkylation sites (N-methyl/N-ethyl adjacent to an activating group) is 1. The first-order chi connectivity index (χ1) is 10.9. The van der Waals surface area contributed by atoms with Crippen LogP contribution in [0.5, 0.6) is 0 Å². The summed E-state index contributed by atoms with van der Waals surface area (Å²) in [5.41, 5.74) is 0. The van der Waals surface area contributed by atoms with Crippen molar-refractivity contribution in [2.75, 3.05) is 39.5 Å². The van der Waals surface area contributed by atoms with Gasteiger partial charge in [-0.1, -0.05) is 0 Å². The van der Waals surface area contributed by atoms with Gasteiger partial charge in [-0.05, 0) is 52.1 Å². The molecule has 0 unspecified atom stereocenters. The highest BCUT2D eigenvalue weighted by Crippen LogP contribution is 2.31. The Balaban J connectivity index is 1.69. The molecule has 0 spiro atoms. The number of hydrogen-bond donors (Lipinski definition) is 0. The maximum Gasteiger partial charge on any atom is 0.227 e. The average Bonchev–Trinajstić information content (AvgIpc) is 3.14. The zero-order chi connectivity index (χ0) is 16.6. The minimum atomic E-state index is -3.20. The van der Waals surface area contributed by atoms with Crippen LogP contribution in [-0.2, 0) is 14.8 Å². The number of nitrogens with zero attached hydrogens (tertiary/aromatic N) is 3. The number of carbonyl (C=O) groups excluding carboxylic acids is 1. The third-order valence-corrected chi connectivity index (χ3v) is 7.08. The van der Waals surface area contributed by atoms with Crippen molar-refractivity contribution in [1.82, 2.24) is 14.1 Å². The van der Waals surface area contributed by atoms with Crippen molar-refractivity contribution in [3.8, 4) is 0 Å². The van der Waals surface area contributed by atoms with Crippen LogP contribution in [0.3, 0.4) is 0 Å². The fraction of sp³-hybridized carbons (Fsp3) is 0.938. The van der Waals surface area contributed by atoms with Crippen molar-refractivity contribution in [2.24, 2.45) is 5.92 Å². The molecule has 0 aromatic rings. The second-order valence-electron chi connectivity index (χ2n) is 7.39. The fourth-order valence-corrected chi connectivity index (χ4v) is 5.48. The van der Waals surface area contributed by atoms with Crippen LogP contribution in [0.15, 0.2) is 0 Å². The summed E-state index contributed by atoms with van der Waals surface area (Å²) >= 11 is 0. The second-order valence-corrected chi connectivity index (χ2v) is 9.37. The lowest BCUT2D eigenvalue weighted by Gasteiger charge is -2.37. The summed E-state index contributed by atoms with van der Waals surface area (Å²) in [6.07, 6.45) is 7.38. The molecule has 0 aromatic heterocycles. The van der Waals surface area contributed by atoms with Crippen LogP contribution in [0.1, 0.15) is 38.5 Å². The third-order valence-electron chi connectivity index (χ3n) is 5.81. The van der Waals surface area contributed by atoms with Crippen LogP contribution in [0.4, 0.5) is 0 Å². The highest BCUT2D eigenvalue weighted by molar-refractivity contribution is 7.88. The first-order valence-electron chi connectivity index (χ1n) is 8.84. The molecule has 23 heavy (non-hydrogen) atoms. The SMILES string of the molecule is CN1CCC[C@@H]1[C@H]1CCCN1C(=O)[C@@H]1CCCN(S(C)(=O)=O)C1. The van der Waals surface area contributed by atoms with Crippen LogP contribution in [0.25, 0.3) is 0 Å². The molecular weight excluding hydrogens is 314 g/mol. The van der Waals surface area contributed by atoms with Gasteiger partial charge in [-0.25, -0.2) is 12.7 Å². The van der Waals surface area contributed by atoms with E-state index in [0.717, 1.165) is 38.8 Å². The van der Waals surface area contributed by atoms with Gasteiger partial charge in [0.25, 0.3) is 0 Å². The maximum atomic E-state index is 13.0. The summed E-state index contributed by atoms with van der Waals surface area (Å²) < 4.78 is 25.1. The number of piperidine rings is 1. The molecule has 0 N–H and O–H groups in total. The van der Waals surface area contributed by atoms with Crippen LogP contribution < -0.4 is 0 Å². The Morgan fingerprint density at radius 3 is 2.26 bits per heavy atom. The molecular formula is C16H29N3O3S. The molecule has 0 bridgehead atoms. The Labute approximate surface area is 139 Å². The lowest BCUT2D eigenvalue weighted by Crippen LogP contribution is -2.51. The molecule has 1 amide bonds. The predicted molar refractivity (Wildman–Crippen MR) is 89.5 cm³/mol. The van der Waals surface area contributed by atoms with Crippen molar-refractivity contribution in [3.63, 3.8) is 0 Å². The Bertz CT molecular complexity index is 551. The Kier molecular flexibility index (Phi) is 4.99. The van der Waals surface area contributed by atoms with Crippen LogP contribution >= 0.6 is 0 Å². The number of rotatable bonds is 3. The summed E-state index contributed by atoms with van der Waals surface area (Å²) in [7, 11) is -1.04. The Morgan fingerprint density at radius 1 is 0.957 bits per heavy atom. The molecule has 3 saturated heterocycles. The summed E-state index contributed by atoms with van der Waals surface area (Å²) in [4.78, 5) is 17.5. The molecule has 3 heterocycles. The lowest BCUT2D eigenvalue weighted by molar-refractivity contribution is -0.138. The van der Waals surface area contributed by atoms with E-state index in [1.54, 1.807) is 0 Å². The van der Waals surface area contributed by atoms with E-state index in [-0.39, 0.29) is 11.8 Å². The standard InChI is InChI=1S/C16H29N3O3S/c1-17-9-4-7-14(17)15-8-5-11-19(15)16(20)13-6-3-10-18(12-13)23(2,21)22/h13-15H,3-12H2,1-2H3/t13-,14-,15-/m1/s1. The van der Waals surface area contributed by atoms with E-state index in [2.05, 4.69) is 16.8 Å². The minimum absolute atomic E-state index is 0.161. The smallest absolute Gasteiger partial charge is 0.227 e. The summed E-state index contributed by atoms with van der Waals surface area (Å²) in [6.45, 7) is 2.87. The highest BCUT2D eigenvalue weighted by atomic mass is 32.2. The topological polar surface area (TPSA) is 60.9 Å². The first-order valence-corrected chi connectivity index (χ1v) is 10.7. The predicted octanol–water partition coefficient (Wildman–Crippen LogP) is 0.743. The van der Waals surface area contributed by atoms with Crippen molar-refractivity contribution < 1.29 is 13.2 Å². The summed E-state index contributed by atoms with van der Waals surface area (Å²) in [5, 5.41) is 0. The van der Waals surface area contributed by atoms with E-state index in [4.69, 9.17) is 0 Å². The number of likely N-dealkylation sites (tertiary alicyclic amines) is 2. The van der Waals surface area contributed by atoms with E-state index in [1.165, 1.54) is 23.4 Å². The van der Waals surface area contributed by atoms with Crippen molar-refractivity contribution in [1.29, 1.82) is 0 Å². The molecule has 3 atom stereocenters. The zero-order valence-electron chi connectivity index (χ0n) is 14.3. The minimum Gasteiger partial charge on any atom is -0.338 e. The summed E-state index contributed by atoms with van der Waals surface area (Å²) in [6, 6.07) is 0.805. The average molecular weight is 343 g/mol. The fourth-order valence-electron chi connectivity index (χ4n) is 4.57. The molecule has 3 aliphatic rings. The largest absolute Gasteiger partial charge is 0.338 e. The highest BCUT2D eigenvalue weighted by Gasteiger charge is 2.41. The van der Waals surface area contributed by atoms with Gasteiger partial charge >= 0.3 is 0 Å². The number of sulfonamides is 1. The molecule has 0 radical (unpaired) electrons. The van der Waals surface area contributed by atoms with Gasteiger partial charge in [0.2, 0.25) is 15.9 Å². The molecule has 3 rings (SSSR count). The van der Waals surface area contributed by atoms with E-state index < -0.39 is 10.0 Å². The van der Waals surface area contributed by atoms with E-state index in [9.17, 15) is 13.2 Å². The first kappa shape index (κ1) is 17.2. The molecule has 132 valence electrons. The monoisotopic (exact) mass is 343 g/mol. The molecule has 7 heteroatoms. The summed E-state index contributed by atoms with van der Waals surface area (Å²) in [5.74, 6) is 0.0203. The molecule has 6 nitrogen and oxygen atoms in total. The van der Waals surface area contributed by atoms with Gasteiger partial charge in [-0.3, -0.25) is 4.79 Å². The Hall–Kier alpha value is -0.660. The zero-order valence-corrected chi connectivity index (χ0v) is 15.1. The molecule has 0 aliphatic carbocycles. The van der Waals surface area contributed by atoms with Crippen molar-refractivity contribution in [3.05, 3.63) is 0 Å². The normalized spacial score (nSPS) is 34.2. The number of amides is 1. The maximum absolute atomic E-state index is 13.0. The van der Waals surface area contributed by atoms with Crippen LogP contribution in [0, 0.1) is 5.92 Å². The van der Waals surface area contributed by atoms with Crippen LogP contribution in [0.2, 0.25) is 0 Å². The lowest BCUT2D eigenvalue weighted by atomic mass is 9.96. The number of hydrogen-bond acceptors (Lipinski definition) is 4. The quantitative estimate of drug-likeness (QED) is 0.758. The van der Waals surface area contributed by atoms with Crippen LogP contribution in [-0.4, -0.2) is 80.0 Å². The van der Waals surface area contributed by atoms with E-state index >= 15 is 0 Å². The number of carbonyl (C=O) groups is 1. The molecule has 3 aliphatic heterocycles. The van der Waals surface area contributed by atoms with Gasteiger partial charge in [0.05, 0.1) is 12.2 Å². The van der Waals surface area contributed by atoms with Gasteiger partial charge in [-0.2, -0.15) is 0 Å².